The molecule has 17 heavy (non-hydrogen) atoms. The van der Waals surface area contributed by atoms with E-state index in [9.17, 15) is 4.79 Å². The minimum atomic E-state index is -0.225. The molecular weight excluding hydrogens is 216 g/mol. The molecule has 0 bridgehead atoms. The molecule has 2 rings (SSSR count). The lowest BCUT2D eigenvalue weighted by Crippen LogP contribution is -2.26. The van der Waals surface area contributed by atoms with Crippen molar-refractivity contribution in [2.45, 2.75) is 38.1 Å². The molecular formula is C12H20N4O. The van der Waals surface area contributed by atoms with E-state index in [0.29, 0.717) is 12.5 Å². The number of hydrogen-bond donors (Lipinski definition) is 2. The van der Waals surface area contributed by atoms with Crippen molar-refractivity contribution in [3.63, 3.8) is 0 Å². The Morgan fingerprint density at radius 1 is 1.71 bits per heavy atom. The molecule has 5 heteroatoms. The van der Waals surface area contributed by atoms with Crippen LogP contribution in [0.3, 0.4) is 0 Å². The van der Waals surface area contributed by atoms with Crippen LogP contribution in [0.15, 0.2) is 6.20 Å². The summed E-state index contributed by atoms with van der Waals surface area (Å²) in [5, 5.41) is 7.79. The third kappa shape index (κ3) is 2.85. The SMILES string of the molecule is Cn1ncc2c1CCCC2NCCCC(N)=O. The summed E-state index contributed by atoms with van der Waals surface area (Å²) in [6.45, 7) is 0.835. The number of nitrogens with zero attached hydrogens (tertiary/aromatic N) is 2. The maximum Gasteiger partial charge on any atom is 0.217 e. The Bertz CT molecular complexity index is 399. The molecule has 5 nitrogen and oxygen atoms in total. The Hall–Kier alpha value is -1.36. The van der Waals surface area contributed by atoms with Gasteiger partial charge in [-0.25, -0.2) is 0 Å². The molecule has 0 saturated carbocycles. The Morgan fingerprint density at radius 3 is 3.29 bits per heavy atom. The van der Waals surface area contributed by atoms with E-state index in [-0.39, 0.29) is 5.91 Å². The molecule has 1 aromatic heterocycles. The molecule has 1 aliphatic rings. The van der Waals surface area contributed by atoms with Gasteiger partial charge in [-0.1, -0.05) is 0 Å². The molecule has 94 valence electrons. The van der Waals surface area contributed by atoms with E-state index in [1.165, 1.54) is 17.7 Å². The third-order valence-electron chi connectivity index (χ3n) is 3.37. The van der Waals surface area contributed by atoms with Crippen molar-refractivity contribution in [2.75, 3.05) is 6.54 Å². The van der Waals surface area contributed by atoms with E-state index in [2.05, 4.69) is 10.4 Å². The number of hydrogen-bond acceptors (Lipinski definition) is 3. The quantitative estimate of drug-likeness (QED) is 0.737. The van der Waals surface area contributed by atoms with E-state index in [1.807, 2.05) is 17.9 Å². The second kappa shape index (κ2) is 5.31. The Balaban J connectivity index is 1.88. The summed E-state index contributed by atoms with van der Waals surface area (Å²) in [5.41, 5.74) is 7.77. The first-order chi connectivity index (χ1) is 8.18. The number of fused-ring (bicyclic) bond motifs is 1. The van der Waals surface area contributed by atoms with Crippen LogP contribution in [-0.4, -0.2) is 22.2 Å². The molecule has 0 radical (unpaired) electrons. The molecule has 0 spiro atoms. The van der Waals surface area contributed by atoms with Gasteiger partial charge >= 0.3 is 0 Å². The van der Waals surface area contributed by atoms with Gasteiger partial charge in [0.05, 0.1) is 6.20 Å². The number of carbonyl (C=O) groups is 1. The summed E-state index contributed by atoms with van der Waals surface area (Å²) in [7, 11) is 1.99. The van der Waals surface area contributed by atoms with Crippen LogP contribution in [0.25, 0.3) is 0 Å². The highest BCUT2D eigenvalue weighted by molar-refractivity contribution is 5.73. The third-order valence-corrected chi connectivity index (χ3v) is 3.37. The molecule has 0 fully saturated rings. The van der Waals surface area contributed by atoms with Gasteiger partial charge in [0.2, 0.25) is 5.91 Å². The zero-order valence-corrected chi connectivity index (χ0v) is 10.3. The van der Waals surface area contributed by atoms with E-state index < -0.39 is 0 Å². The van der Waals surface area contributed by atoms with Crippen molar-refractivity contribution in [3.05, 3.63) is 17.5 Å². The van der Waals surface area contributed by atoms with Crippen molar-refractivity contribution in [2.24, 2.45) is 12.8 Å². The maximum absolute atomic E-state index is 10.6. The zero-order valence-electron chi connectivity index (χ0n) is 10.3. The lowest BCUT2D eigenvalue weighted by atomic mass is 9.93. The van der Waals surface area contributed by atoms with Gasteiger partial charge in [0.1, 0.15) is 0 Å². The summed E-state index contributed by atoms with van der Waals surface area (Å²) >= 11 is 0. The molecule has 0 aliphatic heterocycles. The number of carbonyl (C=O) groups excluding carboxylic acids is 1. The number of amides is 1. The second-order valence-corrected chi connectivity index (χ2v) is 4.64. The van der Waals surface area contributed by atoms with E-state index in [1.54, 1.807) is 0 Å². The average Bonchev–Trinajstić information content (AvgIpc) is 2.67. The number of aromatic nitrogens is 2. The fourth-order valence-corrected chi connectivity index (χ4v) is 2.46. The maximum atomic E-state index is 10.6. The number of rotatable bonds is 5. The fraction of sp³-hybridized carbons (Fsp3) is 0.667. The summed E-state index contributed by atoms with van der Waals surface area (Å²) in [5.74, 6) is -0.225. The average molecular weight is 236 g/mol. The number of primary amides is 1. The van der Waals surface area contributed by atoms with Crippen LogP contribution in [0.2, 0.25) is 0 Å². The second-order valence-electron chi connectivity index (χ2n) is 4.64. The van der Waals surface area contributed by atoms with E-state index >= 15 is 0 Å². The van der Waals surface area contributed by atoms with Crippen molar-refractivity contribution in [1.29, 1.82) is 0 Å². The molecule has 1 atom stereocenters. The standard InChI is InChI=1S/C12H20N4O/c1-16-11-5-2-4-10(9(11)8-15-16)14-7-3-6-12(13)17/h8,10,14H,2-7H2,1H3,(H2,13,17). The molecule has 0 aromatic carbocycles. The fourth-order valence-electron chi connectivity index (χ4n) is 2.46. The Morgan fingerprint density at radius 2 is 2.53 bits per heavy atom. The first-order valence-electron chi connectivity index (χ1n) is 6.21. The lowest BCUT2D eigenvalue weighted by Gasteiger charge is -2.23. The van der Waals surface area contributed by atoms with Gasteiger partial charge in [-0.05, 0) is 32.2 Å². The van der Waals surface area contributed by atoms with Gasteiger partial charge in [-0.15, -0.1) is 0 Å². The highest BCUT2D eigenvalue weighted by atomic mass is 16.1. The van der Waals surface area contributed by atoms with Crippen LogP contribution < -0.4 is 11.1 Å². The van der Waals surface area contributed by atoms with Gasteiger partial charge in [0.15, 0.2) is 0 Å². The van der Waals surface area contributed by atoms with Crippen molar-refractivity contribution < 1.29 is 4.79 Å². The van der Waals surface area contributed by atoms with Gasteiger partial charge in [-0.2, -0.15) is 5.10 Å². The first-order valence-corrected chi connectivity index (χ1v) is 6.21. The minimum Gasteiger partial charge on any atom is -0.370 e. The first kappa shape index (κ1) is 12.1. The van der Waals surface area contributed by atoms with Crippen LogP contribution in [0.4, 0.5) is 0 Å². The lowest BCUT2D eigenvalue weighted by molar-refractivity contribution is -0.118. The van der Waals surface area contributed by atoms with Crippen LogP contribution >= 0.6 is 0 Å². The van der Waals surface area contributed by atoms with Gasteiger partial charge < -0.3 is 11.1 Å². The normalized spacial score (nSPS) is 19.0. The van der Waals surface area contributed by atoms with Crippen LogP contribution in [-0.2, 0) is 18.3 Å². The molecule has 3 N–H and O–H groups in total. The summed E-state index contributed by atoms with van der Waals surface area (Å²) in [4.78, 5) is 10.6. The van der Waals surface area contributed by atoms with Gasteiger partial charge in [-0.3, -0.25) is 9.48 Å². The highest BCUT2D eigenvalue weighted by Crippen LogP contribution is 2.28. The van der Waals surface area contributed by atoms with Gasteiger partial charge in [0, 0.05) is 30.8 Å². The topological polar surface area (TPSA) is 72.9 Å². The molecule has 1 unspecified atom stereocenters. The minimum absolute atomic E-state index is 0.225. The van der Waals surface area contributed by atoms with E-state index in [4.69, 9.17) is 5.73 Å². The zero-order chi connectivity index (χ0) is 12.3. The van der Waals surface area contributed by atoms with Crippen molar-refractivity contribution >= 4 is 5.91 Å². The predicted molar refractivity (Wildman–Crippen MR) is 65.3 cm³/mol. The smallest absolute Gasteiger partial charge is 0.217 e. The molecule has 1 heterocycles. The van der Waals surface area contributed by atoms with Crippen molar-refractivity contribution in [3.8, 4) is 0 Å². The van der Waals surface area contributed by atoms with E-state index in [0.717, 1.165) is 25.8 Å². The number of nitrogens with one attached hydrogen (secondary N) is 1. The number of aryl methyl sites for hydroxylation is 1. The predicted octanol–water partition coefficient (Wildman–Crippen LogP) is 0.653. The van der Waals surface area contributed by atoms with Crippen molar-refractivity contribution in [1.82, 2.24) is 15.1 Å². The van der Waals surface area contributed by atoms with Crippen LogP contribution in [0, 0.1) is 0 Å². The highest BCUT2D eigenvalue weighted by Gasteiger charge is 2.22. The molecule has 1 amide bonds. The monoisotopic (exact) mass is 236 g/mol. The summed E-state index contributed by atoms with van der Waals surface area (Å²) in [6.07, 6.45) is 6.68. The summed E-state index contributed by atoms with van der Waals surface area (Å²) in [6, 6.07) is 0.389. The molecule has 1 aromatic rings. The Labute approximate surface area is 101 Å². The molecule has 0 saturated heterocycles. The van der Waals surface area contributed by atoms with Crippen LogP contribution in [0.5, 0.6) is 0 Å². The number of nitrogens with two attached hydrogens (primary N) is 1. The molecule has 1 aliphatic carbocycles. The van der Waals surface area contributed by atoms with Crippen LogP contribution in [0.1, 0.15) is 43.0 Å². The largest absolute Gasteiger partial charge is 0.370 e. The van der Waals surface area contributed by atoms with Gasteiger partial charge in [0.25, 0.3) is 0 Å². The Kier molecular flexibility index (Phi) is 3.78. The summed E-state index contributed by atoms with van der Waals surface area (Å²) < 4.78 is 1.96.